The van der Waals surface area contributed by atoms with Crippen molar-refractivity contribution in [2.45, 2.75) is 6.42 Å². The van der Waals surface area contributed by atoms with Crippen LogP contribution in [0.15, 0.2) is 23.0 Å². The van der Waals surface area contributed by atoms with Gasteiger partial charge in [0.05, 0.1) is 25.7 Å². The first-order valence-corrected chi connectivity index (χ1v) is 7.14. The van der Waals surface area contributed by atoms with E-state index in [4.69, 9.17) is 9.47 Å². The lowest BCUT2D eigenvalue weighted by molar-refractivity contribution is 0.0382. The number of para-hydroxylation sites is 1. The van der Waals surface area contributed by atoms with E-state index in [1.54, 1.807) is 19.2 Å². The van der Waals surface area contributed by atoms with Crippen molar-refractivity contribution in [3.63, 3.8) is 0 Å². The molecular weight excluding hydrogens is 270 g/mol. The molecule has 0 unspecified atom stereocenters. The van der Waals surface area contributed by atoms with Crippen molar-refractivity contribution in [2.75, 3.05) is 40.0 Å². The second kappa shape index (κ2) is 6.24. The fraction of sp³-hybridized carbons (Fsp3) is 0.467. The number of nitrogens with zero attached hydrogens (tertiary/aromatic N) is 2. The number of nitrogens with one attached hydrogen (secondary N) is 1. The molecule has 6 heteroatoms. The molecule has 1 aromatic carbocycles. The van der Waals surface area contributed by atoms with Gasteiger partial charge in [-0.3, -0.25) is 9.69 Å². The summed E-state index contributed by atoms with van der Waals surface area (Å²) in [7, 11) is 1.59. The Bertz CT molecular complexity index is 677. The van der Waals surface area contributed by atoms with Crippen LogP contribution in [0.1, 0.15) is 5.82 Å². The largest absolute Gasteiger partial charge is 0.494 e. The Kier molecular flexibility index (Phi) is 4.17. The highest BCUT2D eigenvalue weighted by Gasteiger charge is 2.12. The Morgan fingerprint density at radius 3 is 2.95 bits per heavy atom. The summed E-state index contributed by atoms with van der Waals surface area (Å²) in [5.41, 5.74) is 0.511. The van der Waals surface area contributed by atoms with Gasteiger partial charge in [0.25, 0.3) is 5.56 Å². The van der Waals surface area contributed by atoms with Gasteiger partial charge in [-0.25, -0.2) is 4.98 Å². The van der Waals surface area contributed by atoms with Crippen LogP contribution in [0, 0.1) is 0 Å². The summed E-state index contributed by atoms with van der Waals surface area (Å²) in [6.07, 6.45) is 0.712. The summed E-state index contributed by atoms with van der Waals surface area (Å²) in [6.45, 7) is 4.28. The molecule has 1 aliphatic heterocycles. The van der Waals surface area contributed by atoms with Crippen LogP contribution >= 0.6 is 0 Å². The molecule has 21 heavy (non-hydrogen) atoms. The van der Waals surface area contributed by atoms with Crippen LogP contribution in [-0.4, -0.2) is 54.8 Å². The number of aromatic nitrogens is 2. The van der Waals surface area contributed by atoms with Gasteiger partial charge in [0.1, 0.15) is 17.1 Å². The Balaban J connectivity index is 1.83. The SMILES string of the molecule is COc1cccc2c(=O)[nH]c(CCN3CCOCC3)nc12. The Morgan fingerprint density at radius 2 is 2.19 bits per heavy atom. The zero-order valence-electron chi connectivity index (χ0n) is 12.1. The summed E-state index contributed by atoms with van der Waals surface area (Å²) >= 11 is 0. The molecule has 0 bridgehead atoms. The normalized spacial score (nSPS) is 16.2. The summed E-state index contributed by atoms with van der Waals surface area (Å²) in [6, 6.07) is 5.38. The van der Waals surface area contributed by atoms with Crippen LogP contribution in [0.5, 0.6) is 5.75 Å². The smallest absolute Gasteiger partial charge is 0.258 e. The van der Waals surface area contributed by atoms with Crippen LogP contribution in [0.25, 0.3) is 10.9 Å². The second-order valence-electron chi connectivity index (χ2n) is 5.07. The number of H-pyrrole nitrogens is 1. The van der Waals surface area contributed by atoms with Crippen LogP contribution in [0.2, 0.25) is 0 Å². The number of benzene rings is 1. The number of morpholine rings is 1. The van der Waals surface area contributed by atoms with Crippen molar-refractivity contribution in [1.82, 2.24) is 14.9 Å². The maximum absolute atomic E-state index is 12.1. The van der Waals surface area contributed by atoms with Crippen molar-refractivity contribution >= 4 is 10.9 Å². The highest BCUT2D eigenvalue weighted by atomic mass is 16.5. The van der Waals surface area contributed by atoms with E-state index < -0.39 is 0 Å². The van der Waals surface area contributed by atoms with Crippen molar-refractivity contribution in [3.8, 4) is 5.75 Å². The average Bonchev–Trinajstić information content (AvgIpc) is 2.53. The van der Waals surface area contributed by atoms with Gasteiger partial charge in [0.15, 0.2) is 0 Å². The van der Waals surface area contributed by atoms with E-state index in [-0.39, 0.29) is 5.56 Å². The minimum absolute atomic E-state index is 0.115. The minimum Gasteiger partial charge on any atom is -0.494 e. The summed E-state index contributed by atoms with van der Waals surface area (Å²) in [4.78, 5) is 21.9. The Hall–Kier alpha value is -1.92. The molecular formula is C15H19N3O3. The lowest BCUT2D eigenvalue weighted by atomic mass is 10.2. The number of rotatable bonds is 4. The molecule has 1 aromatic heterocycles. The van der Waals surface area contributed by atoms with Crippen LogP contribution < -0.4 is 10.3 Å². The van der Waals surface area contributed by atoms with E-state index in [0.29, 0.717) is 28.9 Å². The first-order valence-electron chi connectivity index (χ1n) is 7.14. The maximum atomic E-state index is 12.1. The highest BCUT2D eigenvalue weighted by molar-refractivity contribution is 5.83. The summed E-state index contributed by atoms with van der Waals surface area (Å²) in [5.74, 6) is 1.33. The molecule has 1 fully saturated rings. The van der Waals surface area contributed by atoms with Crippen molar-refractivity contribution in [2.24, 2.45) is 0 Å². The van der Waals surface area contributed by atoms with Crippen molar-refractivity contribution < 1.29 is 9.47 Å². The maximum Gasteiger partial charge on any atom is 0.258 e. The van der Waals surface area contributed by atoms with Crippen LogP contribution in [-0.2, 0) is 11.2 Å². The zero-order valence-corrected chi connectivity index (χ0v) is 12.1. The molecule has 2 aromatic rings. The van der Waals surface area contributed by atoms with Gasteiger partial charge in [0, 0.05) is 26.1 Å². The van der Waals surface area contributed by atoms with Gasteiger partial charge in [-0.2, -0.15) is 0 Å². The standard InChI is InChI=1S/C15H19N3O3/c1-20-12-4-2-3-11-14(12)16-13(17-15(11)19)5-6-18-7-9-21-10-8-18/h2-4H,5-10H2,1H3,(H,16,17,19). The van der Waals surface area contributed by atoms with E-state index in [9.17, 15) is 4.79 Å². The molecule has 0 radical (unpaired) electrons. The first kappa shape index (κ1) is 14.0. The lowest BCUT2D eigenvalue weighted by Gasteiger charge is -2.26. The summed E-state index contributed by atoms with van der Waals surface area (Å²) in [5, 5.41) is 0.560. The minimum atomic E-state index is -0.115. The third-order valence-electron chi connectivity index (χ3n) is 3.74. The highest BCUT2D eigenvalue weighted by Crippen LogP contribution is 2.20. The Labute approximate surface area is 122 Å². The number of hydrogen-bond acceptors (Lipinski definition) is 5. The van der Waals surface area contributed by atoms with Gasteiger partial charge in [-0.05, 0) is 12.1 Å². The van der Waals surface area contributed by atoms with E-state index in [1.165, 1.54) is 0 Å². The van der Waals surface area contributed by atoms with Gasteiger partial charge in [-0.15, -0.1) is 0 Å². The quantitative estimate of drug-likeness (QED) is 0.902. The molecule has 3 rings (SSSR count). The van der Waals surface area contributed by atoms with Crippen molar-refractivity contribution in [3.05, 3.63) is 34.4 Å². The molecule has 112 valence electrons. The van der Waals surface area contributed by atoms with E-state index in [0.717, 1.165) is 32.8 Å². The second-order valence-corrected chi connectivity index (χ2v) is 5.07. The number of methoxy groups -OCH3 is 1. The molecule has 0 saturated carbocycles. The molecule has 0 atom stereocenters. The lowest BCUT2D eigenvalue weighted by Crippen LogP contribution is -2.37. The van der Waals surface area contributed by atoms with Gasteiger partial charge in [0.2, 0.25) is 0 Å². The number of ether oxygens (including phenoxy) is 2. The molecule has 0 aliphatic carbocycles. The fourth-order valence-corrected chi connectivity index (χ4v) is 2.55. The number of hydrogen-bond donors (Lipinski definition) is 1. The molecule has 2 heterocycles. The van der Waals surface area contributed by atoms with Crippen LogP contribution in [0.4, 0.5) is 0 Å². The predicted octanol–water partition coefficient (Wildman–Crippen LogP) is 0.806. The number of aromatic amines is 1. The van der Waals surface area contributed by atoms with Gasteiger partial charge < -0.3 is 14.5 Å². The Morgan fingerprint density at radius 1 is 1.38 bits per heavy atom. The van der Waals surface area contributed by atoms with Gasteiger partial charge >= 0.3 is 0 Å². The van der Waals surface area contributed by atoms with Crippen molar-refractivity contribution in [1.29, 1.82) is 0 Å². The van der Waals surface area contributed by atoms with E-state index in [1.807, 2.05) is 6.07 Å². The van der Waals surface area contributed by atoms with E-state index >= 15 is 0 Å². The summed E-state index contributed by atoms with van der Waals surface area (Å²) < 4.78 is 10.6. The van der Waals surface area contributed by atoms with E-state index in [2.05, 4.69) is 14.9 Å². The van der Waals surface area contributed by atoms with Crippen LogP contribution in [0.3, 0.4) is 0 Å². The molecule has 6 nitrogen and oxygen atoms in total. The molecule has 0 amide bonds. The molecule has 1 aliphatic rings. The average molecular weight is 289 g/mol. The molecule has 1 N–H and O–H groups in total. The third kappa shape index (κ3) is 3.06. The topological polar surface area (TPSA) is 67.5 Å². The fourth-order valence-electron chi connectivity index (χ4n) is 2.55. The van der Waals surface area contributed by atoms with Gasteiger partial charge in [-0.1, -0.05) is 6.07 Å². The molecule has 0 spiro atoms. The zero-order chi connectivity index (χ0) is 14.7. The third-order valence-corrected chi connectivity index (χ3v) is 3.74. The predicted molar refractivity (Wildman–Crippen MR) is 79.9 cm³/mol. The first-order chi connectivity index (χ1) is 10.3. The number of fused-ring (bicyclic) bond motifs is 1. The molecule has 1 saturated heterocycles. The monoisotopic (exact) mass is 289 g/mol.